The largest absolute Gasteiger partial charge is 0.441 e. The zero-order chi connectivity index (χ0) is 12.2. The fourth-order valence-corrected chi connectivity index (χ4v) is 1.96. The molecule has 1 heterocycles. The Bertz CT molecular complexity index is 320. The van der Waals surface area contributed by atoms with Crippen LogP contribution in [-0.2, 0) is 13.0 Å². The van der Waals surface area contributed by atoms with Crippen LogP contribution in [0, 0.1) is 0 Å². The summed E-state index contributed by atoms with van der Waals surface area (Å²) in [7, 11) is 0. The van der Waals surface area contributed by atoms with E-state index in [0.717, 1.165) is 5.69 Å². The molecule has 2 N–H and O–H groups in total. The minimum atomic E-state index is -4.14. The van der Waals surface area contributed by atoms with Gasteiger partial charge in [0.25, 0.3) is 0 Å². The third-order valence-corrected chi connectivity index (χ3v) is 2.77. The lowest BCUT2D eigenvalue weighted by Crippen LogP contribution is -2.20. The fourth-order valence-electron chi connectivity index (χ4n) is 1.44. The van der Waals surface area contributed by atoms with Gasteiger partial charge in [-0.2, -0.15) is 13.2 Å². The van der Waals surface area contributed by atoms with Gasteiger partial charge in [0.15, 0.2) is 0 Å². The second kappa shape index (κ2) is 5.63. The highest BCUT2D eigenvalue weighted by Crippen LogP contribution is 2.30. The van der Waals surface area contributed by atoms with E-state index in [1.54, 1.807) is 6.20 Å². The molecule has 16 heavy (non-hydrogen) atoms. The molecule has 0 radical (unpaired) electrons. The van der Waals surface area contributed by atoms with E-state index < -0.39 is 5.51 Å². The number of rotatable bonds is 5. The van der Waals surface area contributed by atoms with Gasteiger partial charge in [-0.3, -0.25) is 0 Å². The number of alkyl halides is 3. The van der Waals surface area contributed by atoms with E-state index in [-0.39, 0.29) is 23.6 Å². The minimum Gasteiger partial charge on any atom is -0.351 e. The van der Waals surface area contributed by atoms with Crippen LogP contribution in [0.5, 0.6) is 0 Å². The maximum atomic E-state index is 11.9. The summed E-state index contributed by atoms with van der Waals surface area (Å²) in [4.78, 5) is 0. The van der Waals surface area contributed by atoms with Crippen LogP contribution in [0.15, 0.2) is 18.3 Å². The summed E-state index contributed by atoms with van der Waals surface area (Å²) in [6, 6.07) is 3.74. The van der Waals surface area contributed by atoms with E-state index in [4.69, 9.17) is 5.73 Å². The molecule has 0 saturated heterocycles. The highest BCUT2D eigenvalue weighted by molar-refractivity contribution is 8.00. The number of nitrogens with two attached hydrogens (primary N) is 1. The van der Waals surface area contributed by atoms with Crippen LogP contribution in [-0.4, -0.2) is 21.9 Å². The number of hydrogen-bond acceptors (Lipinski definition) is 2. The van der Waals surface area contributed by atoms with E-state index in [2.05, 4.69) is 0 Å². The van der Waals surface area contributed by atoms with Gasteiger partial charge in [-0.15, -0.1) is 0 Å². The fraction of sp³-hybridized carbons (Fsp3) is 0.600. The van der Waals surface area contributed by atoms with E-state index in [9.17, 15) is 13.2 Å². The average Bonchev–Trinajstić information content (AvgIpc) is 2.49. The maximum Gasteiger partial charge on any atom is 0.441 e. The van der Waals surface area contributed by atoms with Crippen molar-refractivity contribution in [3.05, 3.63) is 24.0 Å². The van der Waals surface area contributed by atoms with Crippen LogP contribution < -0.4 is 5.73 Å². The van der Waals surface area contributed by atoms with Crippen LogP contribution in [0.2, 0.25) is 0 Å². The van der Waals surface area contributed by atoms with E-state index in [0.29, 0.717) is 13.0 Å². The summed E-state index contributed by atoms with van der Waals surface area (Å²) in [6.45, 7) is 2.24. The number of nitrogens with zero attached hydrogens (tertiary/aromatic N) is 1. The lowest BCUT2D eigenvalue weighted by Gasteiger charge is -2.11. The Morgan fingerprint density at radius 2 is 2.19 bits per heavy atom. The third-order valence-electron chi connectivity index (χ3n) is 2.05. The average molecular weight is 252 g/mol. The lowest BCUT2D eigenvalue weighted by atomic mass is 10.2. The summed E-state index contributed by atoms with van der Waals surface area (Å²) >= 11 is 0.00731. The van der Waals surface area contributed by atoms with Crippen molar-refractivity contribution < 1.29 is 13.2 Å². The van der Waals surface area contributed by atoms with Crippen molar-refractivity contribution in [2.24, 2.45) is 5.73 Å². The second-order valence-electron chi connectivity index (χ2n) is 3.67. The Kier molecular flexibility index (Phi) is 4.73. The SMILES string of the molecule is CC(N)Cc1cccn1CCSC(F)(F)F. The van der Waals surface area contributed by atoms with Gasteiger partial charge in [0, 0.05) is 36.7 Å². The first-order valence-corrected chi connectivity index (χ1v) is 5.97. The van der Waals surface area contributed by atoms with E-state index in [1.807, 2.05) is 23.6 Å². The summed E-state index contributed by atoms with van der Waals surface area (Å²) in [5.74, 6) is 0.0319. The molecular formula is C10H15F3N2S. The Balaban J connectivity index is 2.45. The summed E-state index contributed by atoms with van der Waals surface area (Å²) < 4.78 is 37.6. The van der Waals surface area contributed by atoms with Gasteiger partial charge in [0.05, 0.1) is 0 Å². The molecule has 0 aliphatic carbocycles. The maximum absolute atomic E-state index is 11.9. The molecule has 0 bridgehead atoms. The summed E-state index contributed by atoms with van der Waals surface area (Å²) in [5, 5.41) is 0. The van der Waals surface area contributed by atoms with Gasteiger partial charge in [0.1, 0.15) is 0 Å². The molecule has 6 heteroatoms. The molecule has 1 atom stereocenters. The first-order chi connectivity index (χ1) is 7.38. The molecule has 1 aromatic rings. The molecule has 1 aromatic heterocycles. The molecule has 0 saturated carbocycles. The normalized spacial score (nSPS) is 14.1. The molecule has 0 aliphatic heterocycles. The van der Waals surface area contributed by atoms with Crippen molar-refractivity contribution in [2.75, 3.05) is 5.75 Å². The van der Waals surface area contributed by atoms with Gasteiger partial charge >= 0.3 is 5.51 Å². The van der Waals surface area contributed by atoms with Crippen molar-refractivity contribution in [3.63, 3.8) is 0 Å². The predicted molar refractivity (Wildman–Crippen MR) is 60.3 cm³/mol. The standard InChI is InChI=1S/C10H15F3N2S/c1-8(14)7-9-3-2-4-15(9)5-6-16-10(11,12)13/h2-4,8H,5-7,14H2,1H3. The monoisotopic (exact) mass is 252 g/mol. The number of aryl methyl sites for hydroxylation is 1. The number of hydrogen-bond donors (Lipinski definition) is 1. The highest BCUT2D eigenvalue weighted by Gasteiger charge is 2.27. The topological polar surface area (TPSA) is 30.9 Å². The summed E-state index contributed by atoms with van der Waals surface area (Å²) in [6.07, 6.45) is 2.47. The van der Waals surface area contributed by atoms with Crippen molar-refractivity contribution in [1.82, 2.24) is 4.57 Å². The number of aromatic nitrogens is 1. The van der Waals surface area contributed by atoms with Gasteiger partial charge in [-0.05, 0) is 30.8 Å². The first-order valence-electron chi connectivity index (χ1n) is 4.99. The Morgan fingerprint density at radius 1 is 1.50 bits per heavy atom. The molecule has 0 fully saturated rings. The van der Waals surface area contributed by atoms with Crippen LogP contribution >= 0.6 is 11.8 Å². The molecule has 1 rings (SSSR count). The first kappa shape index (κ1) is 13.4. The van der Waals surface area contributed by atoms with Crippen LogP contribution in [0.25, 0.3) is 0 Å². The zero-order valence-corrected chi connectivity index (χ0v) is 9.81. The van der Waals surface area contributed by atoms with Crippen LogP contribution in [0.4, 0.5) is 13.2 Å². The van der Waals surface area contributed by atoms with Crippen molar-refractivity contribution in [3.8, 4) is 0 Å². The number of halogens is 3. The second-order valence-corrected chi connectivity index (χ2v) is 4.83. The predicted octanol–water partition coefficient (Wildman–Crippen LogP) is 2.63. The smallest absolute Gasteiger partial charge is 0.351 e. The molecule has 2 nitrogen and oxygen atoms in total. The quantitative estimate of drug-likeness (QED) is 0.873. The molecule has 0 aromatic carbocycles. The zero-order valence-electron chi connectivity index (χ0n) is 9.00. The Hall–Kier alpha value is -0.620. The minimum absolute atomic E-state index is 0.00731. The third kappa shape index (κ3) is 4.94. The van der Waals surface area contributed by atoms with Crippen molar-refractivity contribution in [1.29, 1.82) is 0 Å². The van der Waals surface area contributed by atoms with Gasteiger partial charge < -0.3 is 10.3 Å². The van der Waals surface area contributed by atoms with Gasteiger partial charge in [-0.1, -0.05) is 0 Å². The molecule has 0 spiro atoms. The lowest BCUT2D eigenvalue weighted by molar-refractivity contribution is -0.0328. The van der Waals surface area contributed by atoms with Crippen molar-refractivity contribution in [2.45, 2.75) is 31.4 Å². The molecule has 0 aliphatic rings. The Morgan fingerprint density at radius 3 is 2.75 bits per heavy atom. The van der Waals surface area contributed by atoms with Gasteiger partial charge in [-0.25, -0.2) is 0 Å². The Labute approximate surface area is 97.0 Å². The number of thioether (sulfide) groups is 1. The summed E-state index contributed by atoms with van der Waals surface area (Å²) in [5.41, 5.74) is 2.49. The van der Waals surface area contributed by atoms with Crippen LogP contribution in [0.3, 0.4) is 0 Å². The van der Waals surface area contributed by atoms with Crippen molar-refractivity contribution >= 4 is 11.8 Å². The van der Waals surface area contributed by atoms with Crippen LogP contribution in [0.1, 0.15) is 12.6 Å². The highest BCUT2D eigenvalue weighted by atomic mass is 32.2. The van der Waals surface area contributed by atoms with E-state index >= 15 is 0 Å². The molecule has 0 amide bonds. The molecular weight excluding hydrogens is 237 g/mol. The molecule has 92 valence electrons. The molecule has 1 unspecified atom stereocenters. The van der Waals surface area contributed by atoms with Gasteiger partial charge in [0.2, 0.25) is 0 Å². The van der Waals surface area contributed by atoms with E-state index in [1.165, 1.54) is 0 Å².